The molecule has 0 saturated heterocycles. The monoisotopic (exact) mass is 205 g/mol. The summed E-state index contributed by atoms with van der Waals surface area (Å²) in [5.74, 6) is -0.781. The highest BCUT2D eigenvalue weighted by atomic mass is 16.4. The van der Waals surface area contributed by atoms with Crippen LogP contribution in [0.2, 0.25) is 0 Å². The van der Waals surface area contributed by atoms with Crippen molar-refractivity contribution in [1.82, 2.24) is 0 Å². The van der Waals surface area contributed by atoms with Crippen LogP contribution in [0.3, 0.4) is 0 Å². The molecule has 0 heterocycles. The van der Waals surface area contributed by atoms with Crippen molar-refractivity contribution in [2.75, 3.05) is 0 Å². The van der Waals surface area contributed by atoms with Crippen LogP contribution in [0.15, 0.2) is 29.3 Å². The van der Waals surface area contributed by atoms with Crippen LogP contribution in [-0.2, 0) is 4.79 Å². The number of aliphatic carboxylic acids is 1. The fourth-order valence-electron chi connectivity index (χ4n) is 1.31. The highest BCUT2D eigenvalue weighted by Gasteiger charge is 2.50. The van der Waals surface area contributed by atoms with Crippen molar-refractivity contribution in [3.63, 3.8) is 0 Å². The Morgan fingerprint density at radius 3 is 2.60 bits per heavy atom. The molecule has 15 heavy (non-hydrogen) atoms. The van der Waals surface area contributed by atoms with E-state index in [2.05, 4.69) is 4.99 Å². The number of nitrogens with zero attached hydrogens (tertiary/aromatic N) is 1. The number of aromatic hydroxyl groups is 1. The molecule has 2 N–H and O–H groups in total. The molecule has 0 aromatic heterocycles. The summed E-state index contributed by atoms with van der Waals surface area (Å²) in [4.78, 5) is 14.8. The summed E-state index contributed by atoms with van der Waals surface area (Å²) < 4.78 is 0. The zero-order chi connectivity index (χ0) is 10.9. The number of carboxylic acids is 1. The average molecular weight is 205 g/mol. The number of phenolic OH excluding ortho intramolecular Hbond substituents is 1. The van der Waals surface area contributed by atoms with Crippen LogP contribution >= 0.6 is 0 Å². The van der Waals surface area contributed by atoms with E-state index in [-0.39, 0.29) is 5.75 Å². The highest BCUT2D eigenvalue weighted by Crippen LogP contribution is 2.39. The molecule has 1 aromatic rings. The standard InChI is InChI=1S/C11H11NO3/c13-9-4-2-1-3-8(9)7-12-11(5-6-11)10(14)15/h1-4,7,13H,5-6H2,(H,14,15). The molecule has 78 valence electrons. The van der Waals surface area contributed by atoms with Gasteiger partial charge in [0.2, 0.25) is 0 Å². The number of aliphatic imine (C=N–C) groups is 1. The Labute approximate surface area is 86.9 Å². The van der Waals surface area contributed by atoms with Gasteiger partial charge in [-0.2, -0.15) is 0 Å². The summed E-state index contributed by atoms with van der Waals surface area (Å²) in [5, 5.41) is 18.3. The number of carbonyl (C=O) groups is 1. The Balaban J connectivity index is 2.19. The van der Waals surface area contributed by atoms with Crippen LogP contribution < -0.4 is 0 Å². The minimum absolute atomic E-state index is 0.113. The summed E-state index contributed by atoms with van der Waals surface area (Å²) in [6.45, 7) is 0. The minimum atomic E-state index is -0.928. The van der Waals surface area contributed by atoms with Crippen molar-refractivity contribution in [2.45, 2.75) is 18.4 Å². The summed E-state index contributed by atoms with van der Waals surface area (Å²) in [6.07, 6.45) is 2.58. The van der Waals surface area contributed by atoms with Gasteiger partial charge in [-0.3, -0.25) is 4.99 Å². The second-order valence-electron chi connectivity index (χ2n) is 3.65. The van der Waals surface area contributed by atoms with Gasteiger partial charge in [0, 0.05) is 11.8 Å². The Morgan fingerprint density at radius 1 is 1.40 bits per heavy atom. The Bertz CT molecular complexity index is 422. The lowest BCUT2D eigenvalue weighted by Gasteiger charge is -2.02. The smallest absolute Gasteiger partial charge is 0.331 e. The second kappa shape index (κ2) is 3.38. The van der Waals surface area contributed by atoms with Gasteiger partial charge in [0.1, 0.15) is 5.75 Å². The average Bonchev–Trinajstić information content (AvgIpc) is 2.98. The van der Waals surface area contributed by atoms with E-state index in [1.165, 1.54) is 6.21 Å². The lowest BCUT2D eigenvalue weighted by atomic mass is 10.2. The second-order valence-corrected chi connectivity index (χ2v) is 3.65. The molecular formula is C11H11NO3. The first-order valence-electron chi connectivity index (χ1n) is 4.71. The largest absolute Gasteiger partial charge is 0.507 e. The molecule has 0 aliphatic heterocycles. The number of benzene rings is 1. The number of hydrogen-bond acceptors (Lipinski definition) is 3. The van der Waals surface area contributed by atoms with Crippen molar-refractivity contribution in [3.8, 4) is 5.75 Å². The lowest BCUT2D eigenvalue weighted by Crippen LogP contribution is -2.19. The molecule has 0 amide bonds. The maximum atomic E-state index is 10.8. The van der Waals surface area contributed by atoms with Crippen molar-refractivity contribution >= 4 is 12.2 Å². The predicted octanol–water partition coefficient (Wildman–Crippen LogP) is 1.43. The van der Waals surface area contributed by atoms with Gasteiger partial charge in [-0.15, -0.1) is 0 Å². The van der Waals surface area contributed by atoms with Crippen LogP contribution in [0.1, 0.15) is 18.4 Å². The van der Waals surface area contributed by atoms with E-state index in [9.17, 15) is 9.90 Å². The van der Waals surface area contributed by atoms with Crippen LogP contribution in [0, 0.1) is 0 Å². The Kier molecular flexibility index (Phi) is 2.19. The van der Waals surface area contributed by atoms with E-state index in [1.54, 1.807) is 24.3 Å². The van der Waals surface area contributed by atoms with E-state index in [1.807, 2.05) is 0 Å². The first-order valence-corrected chi connectivity index (χ1v) is 4.71. The summed E-state index contributed by atoms with van der Waals surface area (Å²) >= 11 is 0. The number of carboxylic acid groups (broad SMARTS) is 1. The zero-order valence-corrected chi connectivity index (χ0v) is 8.05. The fourth-order valence-corrected chi connectivity index (χ4v) is 1.31. The van der Waals surface area contributed by atoms with E-state index in [4.69, 9.17) is 5.11 Å². The van der Waals surface area contributed by atoms with Crippen molar-refractivity contribution in [3.05, 3.63) is 29.8 Å². The van der Waals surface area contributed by atoms with Crippen LogP contribution in [0.25, 0.3) is 0 Å². The number of rotatable bonds is 3. The van der Waals surface area contributed by atoms with Crippen LogP contribution in [-0.4, -0.2) is 27.9 Å². The first kappa shape index (κ1) is 9.71. The number of phenols is 1. The SMILES string of the molecule is O=C(O)C1(N=Cc2ccccc2O)CC1. The molecule has 0 bridgehead atoms. The Hall–Kier alpha value is -1.84. The Morgan fingerprint density at radius 2 is 2.07 bits per heavy atom. The van der Waals surface area contributed by atoms with Gasteiger partial charge >= 0.3 is 5.97 Å². The summed E-state index contributed by atoms with van der Waals surface area (Å²) in [7, 11) is 0. The van der Waals surface area contributed by atoms with Crippen molar-refractivity contribution in [1.29, 1.82) is 0 Å². The number of hydrogen-bond donors (Lipinski definition) is 2. The van der Waals surface area contributed by atoms with E-state index < -0.39 is 11.5 Å². The third-order valence-electron chi connectivity index (χ3n) is 2.51. The lowest BCUT2D eigenvalue weighted by molar-refractivity contribution is -0.139. The molecule has 4 nitrogen and oxygen atoms in total. The molecule has 0 unspecified atom stereocenters. The highest BCUT2D eigenvalue weighted by molar-refractivity contribution is 5.89. The summed E-state index contributed by atoms with van der Waals surface area (Å²) in [5.41, 5.74) is -0.382. The molecular weight excluding hydrogens is 194 g/mol. The minimum Gasteiger partial charge on any atom is -0.507 e. The molecule has 4 heteroatoms. The molecule has 0 spiro atoms. The third kappa shape index (κ3) is 1.83. The van der Waals surface area contributed by atoms with Gasteiger partial charge in [-0.1, -0.05) is 12.1 Å². The number of para-hydroxylation sites is 1. The van der Waals surface area contributed by atoms with E-state index >= 15 is 0 Å². The predicted molar refractivity (Wildman–Crippen MR) is 55.3 cm³/mol. The van der Waals surface area contributed by atoms with Crippen LogP contribution in [0.5, 0.6) is 5.75 Å². The quantitative estimate of drug-likeness (QED) is 0.733. The van der Waals surface area contributed by atoms with Gasteiger partial charge in [0.15, 0.2) is 5.54 Å². The molecule has 2 rings (SSSR count). The molecule has 1 aliphatic carbocycles. The normalized spacial score (nSPS) is 17.9. The van der Waals surface area contributed by atoms with Crippen LogP contribution in [0.4, 0.5) is 0 Å². The zero-order valence-electron chi connectivity index (χ0n) is 8.05. The van der Waals surface area contributed by atoms with Crippen molar-refractivity contribution < 1.29 is 15.0 Å². The molecule has 0 radical (unpaired) electrons. The molecule has 0 atom stereocenters. The fraction of sp³-hybridized carbons (Fsp3) is 0.273. The van der Waals surface area contributed by atoms with Gasteiger partial charge in [-0.25, -0.2) is 4.79 Å². The van der Waals surface area contributed by atoms with Gasteiger partial charge in [0.25, 0.3) is 0 Å². The first-order chi connectivity index (χ1) is 7.14. The molecule has 1 fully saturated rings. The molecule has 1 aromatic carbocycles. The van der Waals surface area contributed by atoms with Gasteiger partial charge in [-0.05, 0) is 25.0 Å². The van der Waals surface area contributed by atoms with E-state index in [0.717, 1.165) is 0 Å². The molecule has 1 saturated carbocycles. The summed E-state index contributed by atoms with van der Waals surface area (Å²) in [6, 6.07) is 6.70. The topological polar surface area (TPSA) is 69.9 Å². The van der Waals surface area contributed by atoms with Crippen molar-refractivity contribution in [2.24, 2.45) is 4.99 Å². The third-order valence-corrected chi connectivity index (χ3v) is 2.51. The van der Waals surface area contributed by atoms with Gasteiger partial charge < -0.3 is 10.2 Å². The van der Waals surface area contributed by atoms with E-state index in [0.29, 0.717) is 18.4 Å². The maximum Gasteiger partial charge on any atom is 0.331 e. The maximum absolute atomic E-state index is 10.8. The van der Waals surface area contributed by atoms with Gasteiger partial charge in [0.05, 0.1) is 0 Å². The molecule has 1 aliphatic rings.